The van der Waals surface area contributed by atoms with E-state index >= 15 is 0 Å². The van der Waals surface area contributed by atoms with Gasteiger partial charge in [0.05, 0.1) is 6.26 Å². The Balaban J connectivity index is 2.12. The van der Waals surface area contributed by atoms with Gasteiger partial charge in [0, 0.05) is 22.0 Å². The zero-order valence-electron chi connectivity index (χ0n) is 10.3. The molecule has 0 aliphatic rings. The number of aliphatic hydroxyl groups excluding tert-OH is 1. The molecule has 0 radical (unpaired) electrons. The van der Waals surface area contributed by atoms with Gasteiger partial charge in [0.15, 0.2) is 0 Å². The Morgan fingerprint density at radius 2 is 1.84 bits per heavy atom. The number of fused-ring (bicyclic) bond motifs is 1. The van der Waals surface area contributed by atoms with Crippen molar-refractivity contribution in [2.75, 3.05) is 6.61 Å². The van der Waals surface area contributed by atoms with Gasteiger partial charge in [0.25, 0.3) is 0 Å². The molecule has 0 saturated carbocycles. The summed E-state index contributed by atoms with van der Waals surface area (Å²) in [7, 11) is 0. The van der Waals surface area contributed by atoms with Crippen LogP contribution in [0.5, 0.6) is 0 Å². The minimum Gasteiger partial charge on any atom is -0.464 e. The lowest BCUT2D eigenvalue weighted by molar-refractivity contribution is 0.299. The van der Waals surface area contributed by atoms with Gasteiger partial charge < -0.3 is 9.52 Å². The van der Waals surface area contributed by atoms with Gasteiger partial charge in [-0.1, -0.05) is 34.1 Å². The van der Waals surface area contributed by atoms with Crippen molar-refractivity contribution in [1.29, 1.82) is 0 Å². The van der Waals surface area contributed by atoms with Crippen LogP contribution in [0.15, 0.2) is 57.6 Å². The fourth-order valence-corrected chi connectivity index (χ4v) is 2.48. The molecule has 3 rings (SSSR count). The molecule has 3 aromatic rings. The summed E-state index contributed by atoms with van der Waals surface area (Å²) in [5.41, 5.74) is 4.21. The number of benzene rings is 2. The van der Waals surface area contributed by atoms with E-state index in [1.165, 1.54) is 0 Å². The largest absolute Gasteiger partial charge is 0.464 e. The second-order valence-electron chi connectivity index (χ2n) is 4.46. The number of rotatable bonds is 3. The Morgan fingerprint density at radius 1 is 1.05 bits per heavy atom. The van der Waals surface area contributed by atoms with Crippen molar-refractivity contribution >= 4 is 26.9 Å². The molecule has 0 aliphatic heterocycles. The summed E-state index contributed by atoms with van der Waals surface area (Å²) in [5.74, 6) is 0. The second-order valence-corrected chi connectivity index (χ2v) is 5.38. The molecule has 0 spiro atoms. The smallest absolute Gasteiger partial charge is 0.134 e. The van der Waals surface area contributed by atoms with Gasteiger partial charge in [-0.25, -0.2) is 0 Å². The van der Waals surface area contributed by atoms with Crippen molar-refractivity contribution in [1.82, 2.24) is 0 Å². The maximum absolute atomic E-state index is 9.03. The molecule has 0 amide bonds. The molecule has 1 N–H and O–H groups in total. The van der Waals surface area contributed by atoms with Crippen LogP contribution in [0.4, 0.5) is 0 Å². The van der Waals surface area contributed by atoms with E-state index in [1.54, 1.807) is 6.26 Å². The molecule has 0 fully saturated rings. The van der Waals surface area contributed by atoms with Gasteiger partial charge in [-0.15, -0.1) is 0 Å². The highest BCUT2D eigenvalue weighted by atomic mass is 79.9. The van der Waals surface area contributed by atoms with Crippen LogP contribution < -0.4 is 0 Å². The van der Waals surface area contributed by atoms with E-state index in [0.29, 0.717) is 6.42 Å². The monoisotopic (exact) mass is 316 g/mol. The van der Waals surface area contributed by atoms with Gasteiger partial charge in [0.2, 0.25) is 0 Å². The molecular weight excluding hydrogens is 304 g/mol. The van der Waals surface area contributed by atoms with E-state index in [-0.39, 0.29) is 6.61 Å². The molecule has 0 unspecified atom stereocenters. The average Bonchev–Trinajstić information content (AvgIpc) is 2.83. The quantitative estimate of drug-likeness (QED) is 0.777. The maximum atomic E-state index is 9.03. The molecule has 19 heavy (non-hydrogen) atoms. The Bertz CT molecular complexity index is 698. The predicted octanol–water partition coefficient (Wildman–Crippen LogP) is 4.40. The van der Waals surface area contributed by atoms with E-state index in [0.717, 1.165) is 32.1 Å². The van der Waals surface area contributed by atoms with Crippen LogP contribution in [0, 0.1) is 0 Å². The van der Waals surface area contributed by atoms with Crippen LogP contribution in [-0.2, 0) is 6.42 Å². The van der Waals surface area contributed by atoms with Crippen LogP contribution >= 0.6 is 15.9 Å². The van der Waals surface area contributed by atoms with Crippen LogP contribution in [0.3, 0.4) is 0 Å². The maximum Gasteiger partial charge on any atom is 0.134 e. The Labute approximate surface area is 119 Å². The molecule has 0 bridgehead atoms. The first-order chi connectivity index (χ1) is 9.28. The average molecular weight is 317 g/mol. The van der Waals surface area contributed by atoms with Crippen LogP contribution in [0.1, 0.15) is 5.56 Å². The molecule has 2 aromatic carbocycles. The zero-order valence-corrected chi connectivity index (χ0v) is 11.9. The molecule has 0 atom stereocenters. The number of hydrogen-bond acceptors (Lipinski definition) is 2. The van der Waals surface area contributed by atoms with Crippen molar-refractivity contribution in [3.8, 4) is 11.1 Å². The van der Waals surface area contributed by atoms with Gasteiger partial charge in [-0.05, 0) is 41.8 Å². The van der Waals surface area contributed by atoms with E-state index < -0.39 is 0 Å². The number of furan rings is 1. The lowest BCUT2D eigenvalue weighted by Gasteiger charge is -2.01. The molecule has 0 aliphatic carbocycles. The van der Waals surface area contributed by atoms with E-state index in [2.05, 4.69) is 34.1 Å². The summed E-state index contributed by atoms with van der Waals surface area (Å²) in [4.78, 5) is 0. The molecule has 2 nitrogen and oxygen atoms in total. The third-order valence-corrected chi connectivity index (χ3v) is 3.72. The van der Waals surface area contributed by atoms with Crippen LogP contribution in [0.25, 0.3) is 22.1 Å². The van der Waals surface area contributed by atoms with Gasteiger partial charge in [0.1, 0.15) is 5.58 Å². The Kier molecular flexibility index (Phi) is 3.40. The van der Waals surface area contributed by atoms with E-state index in [1.807, 2.05) is 24.3 Å². The van der Waals surface area contributed by atoms with Gasteiger partial charge in [-0.2, -0.15) is 0 Å². The highest BCUT2D eigenvalue weighted by Gasteiger charge is 2.08. The second kappa shape index (κ2) is 5.19. The van der Waals surface area contributed by atoms with E-state index in [9.17, 15) is 0 Å². The normalized spacial score (nSPS) is 11.1. The minimum atomic E-state index is 0.164. The lowest BCUT2D eigenvalue weighted by Crippen LogP contribution is -1.89. The van der Waals surface area contributed by atoms with Crippen LogP contribution in [0.2, 0.25) is 0 Å². The fraction of sp³-hybridized carbons (Fsp3) is 0.125. The third-order valence-electron chi connectivity index (χ3n) is 3.19. The SMILES string of the molecule is OCCc1ccc2occ(-c3ccc(Br)cc3)c2c1. The molecule has 0 saturated heterocycles. The topological polar surface area (TPSA) is 33.4 Å². The molecule has 1 heterocycles. The van der Waals surface area contributed by atoms with E-state index in [4.69, 9.17) is 9.52 Å². The summed E-state index contributed by atoms with van der Waals surface area (Å²) in [6.07, 6.45) is 2.46. The highest BCUT2D eigenvalue weighted by Crippen LogP contribution is 2.32. The summed E-state index contributed by atoms with van der Waals surface area (Å²) in [6, 6.07) is 14.2. The Hall–Kier alpha value is -1.58. The third kappa shape index (κ3) is 2.44. The van der Waals surface area contributed by atoms with Crippen molar-refractivity contribution in [3.05, 3.63) is 58.8 Å². The number of halogens is 1. The standard InChI is InChI=1S/C16H13BrO2/c17-13-4-2-12(3-5-13)15-10-19-16-6-1-11(7-8-18)9-14(15)16/h1-6,9-10,18H,7-8H2. The van der Waals surface area contributed by atoms with Crippen molar-refractivity contribution in [2.24, 2.45) is 0 Å². The van der Waals surface area contributed by atoms with Crippen molar-refractivity contribution < 1.29 is 9.52 Å². The summed E-state index contributed by atoms with van der Waals surface area (Å²) in [6.45, 7) is 0.164. The van der Waals surface area contributed by atoms with Crippen LogP contribution in [-0.4, -0.2) is 11.7 Å². The zero-order chi connectivity index (χ0) is 13.2. The van der Waals surface area contributed by atoms with Crippen molar-refractivity contribution in [2.45, 2.75) is 6.42 Å². The van der Waals surface area contributed by atoms with Gasteiger partial charge in [-0.3, -0.25) is 0 Å². The summed E-state index contributed by atoms with van der Waals surface area (Å²) < 4.78 is 6.65. The van der Waals surface area contributed by atoms with Gasteiger partial charge >= 0.3 is 0 Å². The fourth-order valence-electron chi connectivity index (χ4n) is 2.21. The minimum absolute atomic E-state index is 0.164. The molecule has 3 heteroatoms. The Morgan fingerprint density at radius 3 is 2.58 bits per heavy atom. The first-order valence-corrected chi connectivity index (χ1v) is 6.94. The van der Waals surface area contributed by atoms with Crippen molar-refractivity contribution in [3.63, 3.8) is 0 Å². The summed E-state index contributed by atoms with van der Waals surface area (Å²) >= 11 is 3.44. The molecular formula is C16H13BrO2. The number of hydrogen-bond donors (Lipinski definition) is 1. The summed E-state index contributed by atoms with van der Waals surface area (Å²) in [5, 5.41) is 10.1. The number of aliphatic hydroxyl groups is 1. The first kappa shape index (κ1) is 12.5. The molecule has 1 aromatic heterocycles. The first-order valence-electron chi connectivity index (χ1n) is 6.15. The predicted molar refractivity (Wildman–Crippen MR) is 80.1 cm³/mol. The lowest BCUT2D eigenvalue weighted by atomic mass is 10.0. The molecule has 96 valence electrons. The highest BCUT2D eigenvalue weighted by molar-refractivity contribution is 9.10.